The van der Waals surface area contributed by atoms with Crippen LogP contribution in [0.1, 0.15) is 34.3 Å². The van der Waals surface area contributed by atoms with Crippen LogP contribution >= 0.6 is 0 Å². The summed E-state index contributed by atoms with van der Waals surface area (Å²) in [5.74, 6) is -0.482. The van der Waals surface area contributed by atoms with Crippen molar-refractivity contribution in [1.29, 1.82) is 0 Å². The SMILES string of the molecule is O=C(/C=C/c1ccc(S(=O)(=O)NC2CC2)cc1)Nc1cccc(C(=O)c2ccccc2)c1. The van der Waals surface area contributed by atoms with E-state index in [4.69, 9.17) is 0 Å². The highest BCUT2D eigenvalue weighted by Gasteiger charge is 2.27. The lowest BCUT2D eigenvalue weighted by Crippen LogP contribution is -2.25. The highest BCUT2D eigenvalue weighted by Crippen LogP contribution is 2.22. The van der Waals surface area contributed by atoms with Gasteiger partial charge in [0.05, 0.1) is 4.90 Å². The molecule has 1 amide bonds. The van der Waals surface area contributed by atoms with Gasteiger partial charge in [-0.05, 0) is 48.7 Å². The molecule has 32 heavy (non-hydrogen) atoms. The Balaban J connectivity index is 1.39. The molecule has 0 unspecified atom stereocenters. The Kier molecular flexibility index (Phi) is 6.30. The first kappa shape index (κ1) is 21.7. The summed E-state index contributed by atoms with van der Waals surface area (Å²) in [6.45, 7) is 0. The van der Waals surface area contributed by atoms with Gasteiger partial charge in [-0.2, -0.15) is 0 Å². The fourth-order valence-corrected chi connectivity index (χ4v) is 4.40. The van der Waals surface area contributed by atoms with E-state index in [0.29, 0.717) is 22.4 Å². The summed E-state index contributed by atoms with van der Waals surface area (Å²) in [4.78, 5) is 25.1. The van der Waals surface area contributed by atoms with Crippen molar-refractivity contribution in [3.05, 3.63) is 102 Å². The molecule has 4 rings (SSSR count). The number of rotatable bonds is 8. The molecular weight excluding hydrogens is 424 g/mol. The second-order valence-corrected chi connectivity index (χ2v) is 9.28. The summed E-state index contributed by atoms with van der Waals surface area (Å²) in [5.41, 5.74) is 2.26. The maximum absolute atomic E-state index is 12.6. The maximum atomic E-state index is 12.6. The van der Waals surface area contributed by atoms with Crippen molar-refractivity contribution in [1.82, 2.24) is 4.72 Å². The summed E-state index contributed by atoms with van der Waals surface area (Å²) in [6.07, 6.45) is 4.70. The van der Waals surface area contributed by atoms with E-state index in [2.05, 4.69) is 10.0 Å². The van der Waals surface area contributed by atoms with E-state index in [0.717, 1.165) is 12.8 Å². The lowest BCUT2D eigenvalue weighted by molar-refractivity contribution is -0.111. The third-order valence-corrected chi connectivity index (χ3v) is 6.48. The number of nitrogens with one attached hydrogen (secondary N) is 2. The van der Waals surface area contributed by atoms with Crippen LogP contribution < -0.4 is 10.0 Å². The topological polar surface area (TPSA) is 92.3 Å². The zero-order valence-electron chi connectivity index (χ0n) is 17.2. The number of hydrogen-bond acceptors (Lipinski definition) is 4. The Morgan fingerprint density at radius 3 is 2.22 bits per heavy atom. The van der Waals surface area contributed by atoms with Crippen molar-refractivity contribution in [2.24, 2.45) is 0 Å². The van der Waals surface area contributed by atoms with Crippen LogP contribution in [0.4, 0.5) is 5.69 Å². The van der Waals surface area contributed by atoms with Crippen LogP contribution in [0, 0.1) is 0 Å². The van der Waals surface area contributed by atoms with E-state index < -0.39 is 10.0 Å². The number of anilines is 1. The second kappa shape index (κ2) is 9.30. The molecule has 3 aromatic rings. The van der Waals surface area contributed by atoms with Crippen LogP contribution in [0.25, 0.3) is 6.08 Å². The lowest BCUT2D eigenvalue weighted by atomic mass is 10.0. The van der Waals surface area contributed by atoms with E-state index in [1.165, 1.54) is 18.2 Å². The van der Waals surface area contributed by atoms with E-state index in [-0.39, 0.29) is 22.6 Å². The molecule has 1 saturated carbocycles. The minimum Gasteiger partial charge on any atom is -0.322 e. The number of ketones is 1. The van der Waals surface area contributed by atoms with Gasteiger partial charge in [-0.15, -0.1) is 0 Å². The van der Waals surface area contributed by atoms with Crippen LogP contribution in [0.2, 0.25) is 0 Å². The Bertz CT molecular complexity index is 1260. The van der Waals surface area contributed by atoms with E-state index in [9.17, 15) is 18.0 Å². The van der Waals surface area contributed by atoms with Crippen molar-refractivity contribution in [3.63, 3.8) is 0 Å². The molecule has 0 aromatic heterocycles. The number of hydrogen-bond donors (Lipinski definition) is 2. The molecule has 0 radical (unpaired) electrons. The summed E-state index contributed by atoms with van der Waals surface area (Å²) in [6, 6.07) is 22.1. The molecule has 2 N–H and O–H groups in total. The summed E-state index contributed by atoms with van der Waals surface area (Å²) in [7, 11) is -3.50. The monoisotopic (exact) mass is 446 g/mol. The number of carbonyl (C=O) groups is 2. The van der Waals surface area contributed by atoms with Gasteiger partial charge in [-0.1, -0.05) is 54.6 Å². The molecular formula is C25H22N2O4S. The van der Waals surface area contributed by atoms with Gasteiger partial charge in [0.15, 0.2) is 5.78 Å². The second-order valence-electron chi connectivity index (χ2n) is 7.56. The van der Waals surface area contributed by atoms with Crippen molar-refractivity contribution >= 4 is 33.5 Å². The van der Waals surface area contributed by atoms with Gasteiger partial charge in [-0.25, -0.2) is 13.1 Å². The molecule has 1 fully saturated rings. The summed E-state index contributed by atoms with van der Waals surface area (Å²) >= 11 is 0. The molecule has 0 atom stereocenters. The summed E-state index contributed by atoms with van der Waals surface area (Å²) in [5, 5.41) is 2.74. The van der Waals surface area contributed by atoms with Crippen LogP contribution in [0.5, 0.6) is 0 Å². The zero-order valence-corrected chi connectivity index (χ0v) is 18.0. The van der Waals surface area contributed by atoms with Gasteiger partial charge in [-0.3, -0.25) is 9.59 Å². The Labute approximate surface area is 187 Å². The Morgan fingerprint density at radius 1 is 0.844 bits per heavy atom. The minimum absolute atomic E-state index is 0.0461. The molecule has 0 bridgehead atoms. The summed E-state index contributed by atoms with van der Waals surface area (Å²) < 4.78 is 27.1. The quantitative estimate of drug-likeness (QED) is 0.404. The van der Waals surface area contributed by atoms with E-state index in [1.807, 2.05) is 6.07 Å². The van der Waals surface area contributed by atoms with E-state index in [1.54, 1.807) is 66.7 Å². The molecule has 0 aliphatic heterocycles. The maximum Gasteiger partial charge on any atom is 0.248 e. The van der Waals surface area contributed by atoms with Crippen LogP contribution in [0.15, 0.2) is 89.8 Å². The highest BCUT2D eigenvalue weighted by atomic mass is 32.2. The van der Waals surface area contributed by atoms with Crippen LogP contribution in [-0.2, 0) is 14.8 Å². The van der Waals surface area contributed by atoms with Gasteiger partial charge >= 0.3 is 0 Å². The first-order chi connectivity index (χ1) is 15.4. The smallest absolute Gasteiger partial charge is 0.248 e. The fraction of sp³-hybridized carbons (Fsp3) is 0.120. The first-order valence-electron chi connectivity index (χ1n) is 10.2. The molecule has 7 heteroatoms. The average Bonchev–Trinajstić information content (AvgIpc) is 3.61. The van der Waals surface area contributed by atoms with Gasteiger partial charge in [0, 0.05) is 28.9 Å². The van der Waals surface area contributed by atoms with Gasteiger partial charge < -0.3 is 5.32 Å². The molecule has 0 heterocycles. The predicted octanol–water partition coefficient (Wildman–Crippen LogP) is 4.01. The molecule has 6 nitrogen and oxygen atoms in total. The number of amides is 1. The third-order valence-electron chi connectivity index (χ3n) is 4.95. The molecule has 1 aliphatic rings. The highest BCUT2D eigenvalue weighted by molar-refractivity contribution is 7.89. The van der Waals surface area contributed by atoms with Crippen LogP contribution in [-0.4, -0.2) is 26.2 Å². The van der Waals surface area contributed by atoms with Gasteiger partial charge in [0.1, 0.15) is 0 Å². The number of sulfonamides is 1. The van der Waals surface area contributed by atoms with Gasteiger partial charge in [0.25, 0.3) is 0 Å². The number of carbonyl (C=O) groups excluding carboxylic acids is 2. The fourth-order valence-electron chi connectivity index (χ4n) is 3.10. The predicted molar refractivity (Wildman–Crippen MR) is 124 cm³/mol. The van der Waals surface area contributed by atoms with Crippen molar-refractivity contribution in [2.45, 2.75) is 23.8 Å². The average molecular weight is 447 g/mol. The van der Waals surface area contributed by atoms with Gasteiger partial charge in [0.2, 0.25) is 15.9 Å². The zero-order chi connectivity index (χ0) is 22.6. The lowest BCUT2D eigenvalue weighted by Gasteiger charge is -2.06. The third kappa shape index (κ3) is 5.57. The van der Waals surface area contributed by atoms with Crippen molar-refractivity contribution < 1.29 is 18.0 Å². The number of benzene rings is 3. The molecule has 1 aliphatic carbocycles. The molecule has 162 valence electrons. The normalized spacial score (nSPS) is 13.8. The van der Waals surface area contributed by atoms with Crippen LogP contribution in [0.3, 0.4) is 0 Å². The Morgan fingerprint density at radius 2 is 1.53 bits per heavy atom. The minimum atomic E-state index is -3.50. The molecule has 0 saturated heterocycles. The standard InChI is InChI=1S/C25H22N2O4S/c28-24(16-11-18-9-14-23(15-10-18)32(30,31)27-21-12-13-21)26-22-8-4-7-20(17-22)25(29)19-5-2-1-3-6-19/h1-11,14-17,21,27H,12-13H2,(H,26,28)/b16-11+. The largest absolute Gasteiger partial charge is 0.322 e. The van der Waals surface area contributed by atoms with Crippen molar-refractivity contribution in [3.8, 4) is 0 Å². The molecule has 0 spiro atoms. The first-order valence-corrected chi connectivity index (χ1v) is 11.7. The van der Waals surface area contributed by atoms with Crippen molar-refractivity contribution in [2.75, 3.05) is 5.32 Å². The Hall–Kier alpha value is -3.55. The molecule has 3 aromatic carbocycles. The van der Waals surface area contributed by atoms with E-state index >= 15 is 0 Å².